The normalized spacial score (nSPS) is 11.3. The zero-order valence-corrected chi connectivity index (χ0v) is 13.1. The van der Waals surface area contributed by atoms with Crippen LogP contribution < -0.4 is 0 Å². The number of rotatable bonds is 5. The van der Waals surface area contributed by atoms with Gasteiger partial charge in [0.05, 0.1) is 11.4 Å². The molecule has 0 atom stereocenters. The highest BCUT2D eigenvalue weighted by Gasteiger charge is 2.09. The lowest BCUT2D eigenvalue weighted by Gasteiger charge is -2.03. The number of carboxylic acid groups (broad SMARTS) is 2. The number of pyridine rings is 2. The number of aliphatic carboxylic acids is 2. The van der Waals surface area contributed by atoms with Gasteiger partial charge in [0.2, 0.25) is 0 Å². The van der Waals surface area contributed by atoms with Crippen LogP contribution in [0.2, 0.25) is 0 Å². The second kappa shape index (κ2) is 7.99. The van der Waals surface area contributed by atoms with Crippen molar-refractivity contribution in [1.82, 2.24) is 9.97 Å². The zero-order chi connectivity index (χ0) is 19.1. The Morgan fingerprint density at radius 1 is 0.846 bits per heavy atom. The fourth-order valence-electron chi connectivity index (χ4n) is 1.97. The summed E-state index contributed by atoms with van der Waals surface area (Å²) in [6, 6.07) is 9.32. The third-order valence-electron chi connectivity index (χ3n) is 3.15. The molecule has 26 heavy (non-hydrogen) atoms. The van der Waals surface area contributed by atoms with Crippen molar-refractivity contribution >= 4 is 24.1 Å². The standard InChI is InChI=1S/C18H10N4O4/c19-9-13(17(23)24)5-11-1-3-21-15(7-11)16-8-12(2-4-22-16)6-14(10-20)18(25)26/h1-8H,(H,23,24)(H,25,26)/b13-5+,14-6+. The molecule has 0 fully saturated rings. The second-order valence-electron chi connectivity index (χ2n) is 4.90. The Bertz CT molecular complexity index is 942. The van der Waals surface area contributed by atoms with Gasteiger partial charge < -0.3 is 10.2 Å². The summed E-state index contributed by atoms with van der Waals surface area (Å²) in [6.45, 7) is 0. The number of aromatic nitrogens is 2. The summed E-state index contributed by atoms with van der Waals surface area (Å²) in [4.78, 5) is 30.1. The first-order valence-corrected chi connectivity index (χ1v) is 7.07. The molecule has 2 N–H and O–H groups in total. The molecular weight excluding hydrogens is 336 g/mol. The van der Waals surface area contributed by atoms with Crippen molar-refractivity contribution in [2.75, 3.05) is 0 Å². The molecule has 8 nitrogen and oxygen atoms in total. The summed E-state index contributed by atoms with van der Waals surface area (Å²) >= 11 is 0. The predicted octanol–water partition coefficient (Wildman–Crippen LogP) is 2.13. The van der Waals surface area contributed by atoms with Crippen LogP contribution in [0, 0.1) is 22.7 Å². The topological polar surface area (TPSA) is 148 Å². The smallest absolute Gasteiger partial charge is 0.346 e. The van der Waals surface area contributed by atoms with E-state index in [2.05, 4.69) is 9.97 Å². The molecule has 0 spiro atoms. The Morgan fingerprint density at radius 2 is 1.23 bits per heavy atom. The van der Waals surface area contributed by atoms with Gasteiger partial charge in [-0.05, 0) is 47.5 Å². The third-order valence-corrected chi connectivity index (χ3v) is 3.15. The average Bonchev–Trinajstić information content (AvgIpc) is 2.64. The lowest BCUT2D eigenvalue weighted by molar-refractivity contribution is -0.133. The highest BCUT2D eigenvalue weighted by molar-refractivity contribution is 5.97. The maximum atomic E-state index is 10.9. The molecule has 2 rings (SSSR count). The fraction of sp³-hybridized carbons (Fsp3) is 0. The van der Waals surface area contributed by atoms with Gasteiger partial charge in [-0.2, -0.15) is 10.5 Å². The highest BCUT2D eigenvalue weighted by atomic mass is 16.4. The monoisotopic (exact) mass is 346 g/mol. The first-order chi connectivity index (χ1) is 12.4. The molecule has 0 aliphatic carbocycles. The van der Waals surface area contributed by atoms with Crippen LogP contribution >= 0.6 is 0 Å². The molecule has 2 aromatic heterocycles. The Kier molecular flexibility index (Phi) is 5.55. The molecule has 0 bridgehead atoms. The van der Waals surface area contributed by atoms with E-state index in [0.29, 0.717) is 22.5 Å². The minimum Gasteiger partial charge on any atom is -0.477 e. The Labute approximate surface area is 147 Å². The number of carbonyl (C=O) groups is 2. The van der Waals surface area contributed by atoms with Gasteiger partial charge in [-0.15, -0.1) is 0 Å². The lowest BCUT2D eigenvalue weighted by atomic mass is 10.1. The molecule has 0 saturated carbocycles. The van der Waals surface area contributed by atoms with E-state index in [1.165, 1.54) is 36.7 Å². The largest absolute Gasteiger partial charge is 0.477 e. The molecule has 0 aliphatic rings. The minimum atomic E-state index is -1.34. The molecule has 2 aromatic rings. The maximum absolute atomic E-state index is 10.9. The number of nitriles is 2. The van der Waals surface area contributed by atoms with Crippen molar-refractivity contribution in [1.29, 1.82) is 10.5 Å². The predicted molar refractivity (Wildman–Crippen MR) is 89.9 cm³/mol. The summed E-state index contributed by atoms with van der Waals surface area (Å²) in [5.74, 6) is -2.68. The summed E-state index contributed by atoms with van der Waals surface area (Å²) in [5.41, 5.74) is 0.828. The first-order valence-electron chi connectivity index (χ1n) is 7.07. The van der Waals surface area contributed by atoms with Crippen LogP contribution in [0.25, 0.3) is 23.5 Å². The summed E-state index contributed by atoms with van der Waals surface area (Å²) < 4.78 is 0. The van der Waals surface area contributed by atoms with Gasteiger partial charge >= 0.3 is 11.9 Å². The van der Waals surface area contributed by atoms with E-state index in [9.17, 15) is 9.59 Å². The SMILES string of the molecule is N#C/C(=C\c1ccnc(-c2cc(/C=C(\C#N)C(=O)O)ccn2)c1)C(=O)O. The summed E-state index contributed by atoms with van der Waals surface area (Å²) in [5, 5.41) is 35.5. The maximum Gasteiger partial charge on any atom is 0.346 e. The zero-order valence-electron chi connectivity index (χ0n) is 13.1. The highest BCUT2D eigenvalue weighted by Crippen LogP contribution is 2.19. The van der Waals surface area contributed by atoms with Crippen molar-refractivity contribution in [2.24, 2.45) is 0 Å². The molecule has 126 valence electrons. The quantitative estimate of drug-likeness (QED) is 0.618. The van der Waals surface area contributed by atoms with Crippen molar-refractivity contribution in [3.05, 3.63) is 58.9 Å². The minimum absolute atomic E-state index is 0.394. The van der Waals surface area contributed by atoms with Crippen molar-refractivity contribution in [3.63, 3.8) is 0 Å². The van der Waals surface area contributed by atoms with Gasteiger partial charge in [0.25, 0.3) is 0 Å². The fourth-order valence-corrected chi connectivity index (χ4v) is 1.97. The van der Waals surface area contributed by atoms with Gasteiger partial charge in [0.1, 0.15) is 23.3 Å². The van der Waals surface area contributed by atoms with Crippen molar-refractivity contribution in [3.8, 4) is 23.5 Å². The Balaban J connectivity index is 2.45. The lowest BCUT2D eigenvalue weighted by Crippen LogP contribution is -1.98. The van der Waals surface area contributed by atoms with E-state index >= 15 is 0 Å². The van der Waals surface area contributed by atoms with Crippen LogP contribution in [0.15, 0.2) is 47.8 Å². The Hall–Kier alpha value is -4.30. The average molecular weight is 346 g/mol. The number of hydrogen-bond acceptors (Lipinski definition) is 6. The molecule has 8 heteroatoms. The van der Waals surface area contributed by atoms with Crippen molar-refractivity contribution in [2.45, 2.75) is 0 Å². The third kappa shape index (κ3) is 4.37. The summed E-state index contributed by atoms with van der Waals surface area (Å²) in [6.07, 6.45) is 5.27. The summed E-state index contributed by atoms with van der Waals surface area (Å²) in [7, 11) is 0. The molecule has 0 radical (unpaired) electrons. The molecule has 0 amide bonds. The second-order valence-corrected chi connectivity index (χ2v) is 4.90. The van der Waals surface area contributed by atoms with Crippen LogP contribution in [0.4, 0.5) is 0 Å². The number of nitrogens with zero attached hydrogens (tertiary/aromatic N) is 4. The van der Waals surface area contributed by atoms with E-state index < -0.39 is 23.1 Å². The number of carboxylic acids is 2. The molecular formula is C18H10N4O4. The van der Waals surface area contributed by atoms with Gasteiger partial charge in [0, 0.05) is 12.4 Å². The van der Waals surface area contributed by atoms with Crippen LogP contribution in [0.1, 0.15) is 11.1 Å². The van der Waals surface area contributed by atoms with E-state index in [0.717, 1.165) is 0 Å². The van der Waals surface area contributed by atoms with Crippen LogP contribution in [0.3, 0.4) is 0 Å². The van der Waals surface area contributed by atoms with Crippen LogP contribution in [-0.4, -0.2) is 32.1 Å². The van der Waals surface area contributed by atoms with Gasteiger partial charge in [-0.1, -0.05) is 0 Å². The molecule has 0 aromatic carbocycles. The van der Waals surface area contributed by atoms with Gasteiger partial charge in [-0.25, -0.2) is 9.59 Å². The van der Waals surface area contributed by atoms with Crippen LogP contribution in [0.5, 0.6) is 0 Å². The molecule has 0 unspecified atom stereocenters. The van der Waals surface area contributed by atoms with Gasteiger partial charge in [0.15, 0.2) is 0 Å². The Morgan fingerprint density at radius 3 is 1.54 bits per heavy atom. The van der Waals surface area contributed by atoms with Crippen LogP contribution in [-0.2, 0) is 9.59 Å². The first kappa shape index (κ1) is 18.0. The van der Waals surface area contributed by atoms with E-state index in [-0.39, 0.29) is 0 Å². The molecule has 2 heterocycles. The van der Waals surface area contributed by atoms with E-state index in [1.54, 1.807) is 24.3 Å². The molecule has 0 aliphatic heterocycles. The van der Waals surface area contributed by atoms with E-state index in [4.69, 9.17) is 20.7 Å². The van der Waals surface area contributed by atoms with E-state index in [1.807, 2.05) is 0 Å². The number of hydrogen-bond donors (Lipinski definition) is 2. The van der Waals surface area contributed by atoms with Gasteiger partial charge in [-0.3, -0.25) is 9.97 Å². The van der Waals surface area contributed by atoms with Crippen molar-refractivity contribution < 1.29 is 19.8 Å². The molecule has 0 saturated heterocycles.